The standard InChI is InChI=1S/C21H28N2OS/c1-16-13-18-15-23(21(24)20(18)14-17(16)2)11-6-10-22(3)9-4-7-19-8-5-12-25-19/h5,8,12-14H,4,6-7,9-11,15H2,1-3H3. The minimum absolute atomic E-state index is 0.207. The average Bonchev–Trinajstić information content (AvgIpc) is 3.18. The lowest BCUT2D eigenvalue weighted by atomic mass is 10.0. The fraction of sp³-hybridized carbons (Fsp3) is 0.476. The molecule has 0 N–H and O–H groups in total. The minimum atomic E-state index is 0.207. The number of carbonyl (C=O) groups is 1. The van der Waals surface area contributed by atoms with Crippen molar-refractivity contribution in [3.05, 3.63) is 56.8 Å². The highest BCUT2D eigenvalue weighted by atomic mass is 32.1. The molecule has 0 saturated heterocycles. The summed E-state index contributed by atoms with van der Waals surface area (Å²) in [6.07, 6.45) is 3.40. The van der Waals surface area contributed by atoms with Crippen LogP contribution in [-0.4, -0.2) is 42.4 Å². The molecule has 0 saturated carbocycles. The van der Waals surface area contributed by atoms with Crippen molar-refractivity contribution >= 4 is 17.2 Å². The number of hydrogen-bond acceptors (Lipinski definition) is 3. The molecule has 0 aliphatic carbocycles. The molecule has 3 nitrogen and oxygen atoms in total. The molecule has 1 aromatic heterocycles. The second-order valence-corrected chi connectivity index (χ2v) is 8.19. The van der Waals surface area contributed by atoms with Crippen molar-refractivity contribution in [3.63, 3.8) is 0 Å². The summed E-state index contributed by atoms with van der Waals surface area (Å²) >= 11 is 1.84. The lowest BCUT2D eigenvalue weighted by Gasteiger charge is -2.20. The van der Waals surface area contributed by atoms with Gasteiger partial charge < -0.3 is 9.80 Å². The predicted molar refractivity (Wildman–Crippen MR) is 105 cm³/mol. The molecule has 2 aromatic rings. The molecule has 134 valence electrons. The van der Waals surface area contributed by atoms with Gasteiger partial charge in [-0.05, 0) is 87.5 Å². The topological polar surface area (TPSA) is 23.6 Å². The maximum Gasteiger partial charge on any atom is 0.254 e. The lowest BCUT2D eigenvalue weighted by Crippen LogP contribution is -2.29. The van der Waals surface area contributed by atoms with Crippen LogP contribution in [0.25, 0.3) is 0 Å². The van der Waals surface area contributed by atoms with Crippen LogP contribution < -0.4 is 0 Å². The second-order valence-electron chi connectivity index (χ2n) is 7.16. The van der Waals surface area contributed by atoms with Crippen molar-refractivity contribution in [2.75, 3.05) is 26.7 Å². The first-order valence-electron chi connectivity index (χ1n) is 9.15. The zero-order chi connectivity index (χ0) is 17.8. The van der Waals surface area contributed by atoms with E-state index in [-0.39, 0.29) is 5.91 Å². The SMILES string of the molecule is Cc1cc2c(cc1C)C(=O)N(CCCN(C)CCCc1cccs1)C2. The van der Waals surface area contributed by atoms with Gasteiger partial charge in [0.25, 0.3) is 5.91 Å². The smallest absolute Gasteiger partial charge is 0.254 e. The Morgan fingerprint density at radius 3 is 2.68 bits per heavy atom. The molecule has 0 spiro atoms. The van der Waals surface area contributed by atoms with Crippen LogP contribution in [0.3, 0.4) is 0 Å². The van der Waals surface area contributed by atoms with E-state index in [1.165, 1.54) is 34.4 Å². The molecule has 3 rings (SSSR count). The number of amides is 1. The quantitative estimate of drug-likeness (QED) is 0.705. The summed E-state index contributed by atoms with van der Waals surface area (Å²) in [7, 11) is 2.18. The third kappa shape index (κ3) is 4.50. The lowest BCUT2D eigenvalue weighted by molar-refractivity contribution is 0.0772. The first kappa shape index (κ1) is 18.2. The second kappa shape index (κ2) is 8.15. The van der Waals surface area contributed by atoms with Crippen molar-refractivity contribution in [2.24, 2.45) is 0 Å². The van der Waals surface area contributed by atoms with Gasteiger partial charge in [0, 0.05) is 23.5 Å². The van der Waals surface area contributed by atoms with Crippen LogP contribution in [0.4, 0.5) is 0 Å². The third-order valence-corrected chi connectivity index (χ3v) is 6.05. The zero-order valence-electron chi connectivity index (χ0n) is 15.5. The number of hydrogen-bond donors (Lipinski definition) is 0. The Bertz CT molecular complexity index is 724. The summed E-state index contributed by atoms with van der Waals surface area (Å²) < 4.78 is 0. The highest BCUT2D eigenvalue weighted by Crippen LogP contribution is 2.25. The number of fused-ring (bicyclic) bond motifs is 1. The maximum absolute atomic E-state index is 12.6. The zero-order valence-corrected chi connectivity index (χ0v) is 16.4. The Kier molecular flexibility index (Phi) is 5.92. The van der Waals surface area contributed by atoms with E-state index in [0.717, 1.165) is 38.2 Å². The van der Waals surface area contributed by atoms with E-state index in [0.29, 0.717) is 0 Å². The van der Waals surface area contributed by atoms with Crippen molar-refractivity contribution in [3.8, 4) is 0 Å². The van der Waals surface area contributed by atoms with Crippen molar-refractivity contribution in [2.45, 2.75) is 39.7 Å². The first-order chi connectivity index (χ1) is 12.0. The van der Waals surface area contributed by atoms with Gasteiger partial charge in [-0.1, -0.05) is 12.1 Å². The van der Waals surface area contributed by atoms with E-state index in [1.807, 2.05) is 16.2 Å². The van der Waals surface area contributed by atoms with Crippen LogP contribution in [-0.2, 0) is 13.0 Å². The fourth-order valence-corrected chi connectivity index (χ4v) is 4.21. The number of aryl methyl sites for hydroxylation is 3. The monoisotopic (exact) mass is 356 g/mol. The van der Waals surface area contributed by atoms with E-state index in [1.54, 1.807) is 0 Å². The average molecular weight is 357 g/mol. The number of carbonyl (C=O) groups excluding carboxylic acids is 1. The Hall–Kier alpha value is -1.65. The number of thiophene rings is 1. The van der Waals surface area contributed by atoms with Gasteiger partial charge in [-0.3, -0.25) is 4.79 Å². The minimum Gasteiger partial charge on any atom is -0.334 e. The van der Waals surface area contributed by atoms with Crippen LogP contribution >= 0.6 is 11.3 Å². The van der Waals surface area contributed by atoms with Gasteiger partial charge >= 0.3 is 0 Å². The molecular weight excluding hydrogens is 328 g/mol. The van der Waals surface area contributed by atoms with Crippen LogP contribution in [0, 0.1) is 13.8 Å². The molecule has 1 aromatic carbocycles. The highest BCUT2D eigenvalue weighted by Gasteiger charge is 2.27. The molecule has 0 unspecified atom stereocenters. The maximum atomic E-state index is 12.6. The van der Waals surface area contributed by atoms with E-state index in [2.05, 4.69) is 55.4 Å². The highest BCUT2D eigenvalue weighted by molar-refractivity contribution is 7.09. The Morgan fingerprint density at radius 1 is 1.16 bits per heavy atom. The third-order valence-electron chi connectivity index (χ3n) is 5.11. The summed E-state index contributed by atoms with van der Waals surface area (Å²) in [6.45, 7) is 7.98. The molecular formula is C21H28N2OS. The van der Waals surface area contributed by atoms with Crippen LogP contribution in [0.15, 0.2) is 29.6 Å². The van der Waals surface area contributed by atoms with E-state index < -0.39 is 0 Å². The molecule has 1 aliphatic rings. The van der Waals surface area contributed by atoms with E-state index in [4.69, 9.17) is 0 Å². The van der Waals surface area contributed by atoms with Gasteiger partial charge in [-0.15, -0.1) is 11.3 Å². The van der Waals surface area contributed by atoms with E-state index in [9.17, 15) is 4.79 Å². The summed E-state index contributed by atoms with van der Waals surface area (Å²) in [6, 6.07) is 8.57. The number of benzene rings is 1. The summed E-state index contributed by atoms with van der Waals surface area (Å²) in [5.41, 5.74) is 4.59. The summed E-state index contributed by atoms with van der Waals surface area (Å²) in [5.74, 6) is 0.207. The van der Waals surface area contributed by atoms with Crippen LogP contribution in [0.2, 0.25) is 0 Å². The van der Waals surface area contributed by atoms with Crippen LogP contribution in [0.5, 0.6) is 0 Å². The van der Waals surface area contributed by atoms with Crippen molar-refractivity contribution in [1.82, 2.24) is 9.80 Å². The molecule has 0 fully saturated rings. The van der Waals surface area contributed by atoms with Crippen LogP contribution in [0.1, 0.15) is 44.8 Å². The molecule has 0 bridgehead atoms. The first-order valence-corrected chi connectivity index (χ1v) is 10.0. The molecule has 1 aliphatic heterocycles. The summed E-state index contributed by atoms with van der Waals surface area (Å²) in [5, 5.41) is 2.15. The van der Waals surface area contributed by atoms with Gasteiger partial charge in [0.05, 0.1) is 0 Å². The van der Waals surface area contributed by atoms with Crippen molar-refractivity contribution in [1.29, 1.82) is 0 Å². The Balaban J connectivity index is 1.40. The molecule has 0 radical (unpaired) electrons. The number of nitrogens with zero attached hydrogens (tertiary/aromatic N) is 2. The van der Waals surface area contributed by atoms with Gasteiger partial charge in [-0.2, -0.15) is 0 Å². The van der Waals surface area contributed by atoms with Crippen molar-refractivity contribution < 1.29 is 4.79 Å². The molecule has 4 heteroatoms. The predicted octanol–water partition coefficient (Wildman–Crippen LogP) is 4.28. The normalized spacial score (nSPS) is 13.8. The molecule has 0 atom stereocenters. The van der Waals surface area contributed by atoms with E-state index >= 15 is 0 Å². The van der Waals surface area contributed by atoms with Gasteiger partial charge in [0.2, 0.25) is 0 Å². The largest absolute Gasteiger partial charge is 0.334 e. The fourth-order valence-electron chi connectivity index (χ4n) is 3.46. The summed E-state index contributed by atoms with van der Waals surface area (Å²) in [4.78, 5) is 18.4. The number of rotatable bonds is 8. The van der Waals surface area contributed by atoms with Gasteiger partial charge in [0.1, 0.15) is 0 Å². The van der Waals surface area contributed by atoms with Gasteiger partial charge in [-0.25, -0.2) is 0 Å². The molecule has 1 amide bonds. The Morgan fingerprint density at radius 2 is 1.92 bits per heavy atom. The molecule has 2 heterocycles. The Labute approximate surface area is 155 Å². The molecule has 25 heavy (non-hydrogen) atoms. The van der Waals surface area contributed by atoms with Gasteiger partial charge in [0.15, 0.2) is 0 Å².